The van der Waals surface area contributed by atoms with E-state index in [1.165, 1.54) is 0 Å². The van der Waals surface area contributed by atoms with Crippen LogP contribution in [0.2, 0.25) is 0 Å². The molecule has 0 bridgehead atoms. The van der Waals surface area contributed by atoms with Gasteiger partial charge in [0.1, 0.15) is 0 Å². The van der Waals surface area contributed by atoms with Crippen LogP contribution >= 0.6 is 0 Å². The summed E-state index contributed by atoms with van der Waals surface area (Å²) in [5, 5.41) is 8.28. The summed E-state index contributed by atoms with van der Waals surface area (Å²) in [5.41, 5.74) is 0. The van der Waals surface area contributed by atoms with Crippen LogP contribution in [0.4, 0.5) is 0 Å². The molecular weight excluding hydrogens is 194 g/mol. The van der Waals surface area contributed by atoms with Gasteiger partial charge in [-0.15, -0.1) is 0 Å². The van der Waals surface area contributed by atoms with E-state index in [0.29, 0.717) is 19.4 Å². The fraction of sp³-hybridized carbons (Fsp3) is 0.857. The summed E-state index contributed by atoms with van der Waals surface area (Å²) in [7, 11) is -3.12. The smallest absolute Gasteiger partial charge is 0.303 e. The number of hydrogen-bond acceptors (Lipinski definition) is 3. The van der Waals surface area contributed by atoms with Crippen LogP contribution in [0.15, 0.2) is 0 Å². The molecule has 0 spiro atoms. The Morgan fingerprint density at radius 3 is 2.46 bits per heavy atom. The zero-order valence-corrected chi connectivity index (χ0v) is 8.43. The lowest BCUT2D eigenvalue weighted by atomic mass is 10.2. The van der Waals surface area contributed by atoms with Crippen molar-refractivity contribution in [2.75, 3.05) is 12.3 Å². The number of carbonyl (C=O) groups is 1. The van der Waals surface area contributed by atoms with Crippen molar-refractivity contribution in [1.29, 1.82) is 0 Å². The fourth-order valence-electron chi connectivity index (χ4n) is 0.731. The molecule has 0 amide bonds. The largest absolute Gasteiger partial charge is 0.481 e. The summed E-state index contributed by atoms with van der Waals surface area (Å²) >= 11 is 0. The van der Waals surface area contributed by atoms with E-state index < -0.39 is 16.0 Å². The van der Waals surface area contributed by atoms with Crippen LogP contribution in [0, 0.1) is 0 Å². The van der Waals surface area contributed by atoms with Crippen LogP contribution in [0.1, 0.15) is 26.2 Å². The highest BCUT2D eigenvalue weighted by Gasteiger charge is 2.04. The Labute approximate surface area is 78.2 Å². The number of unbranched alkanes of at least 4 members (excludes halogenated alkanes) is 1. The Balaban J connectivity index is 3.42. The first kappa shape index (κ1) is 12.4. The molecule has 0 radical (unpaired) electrons. The van der Waals surface area contributed by atoms with Crippen LogP contribution in [0.5, 0.6) is 0 Å². The molecule has 0 heterocycles. The predicted octanol–water partition coefficient (Wildman–Crippen LogP) is 0.181. The Morgan fingerprint density at radius 2 is 2.00 bits per heavy atom. The van der Waals surface area contributed by atoms with Gasteiger partial charge < -0.3 is 5.11 Å². The first-order valence-corrected chi connectivity index (χ1v) is 5.82. The Hall–Kier alpha value is -0.620. The lowest BCUT2D eigenvalue weighted by molar-refractivity contribution is -0.137. The van der Waals surface area contributed by atoms with E-state index in [1.807, 2.05) is 0 Å². The molecule has 6 heteroatoms. The maximum atomic E-state index is 10.9. The minimum Gasteiger partial charge on any atom is -0.481 e. The van der Waals surface area contributed by atoms with Gasteiger partial charge in [0.2, 0.25) is 10.0 Å². The summed E-state index contributed by atoms with van der Waals surface area (Å²) in [6.45, 7) is 1.88. The zero-order valence-electron chi connectivity index (χ0n) is 7.62. The topological polar surface area (TPSA) is 83.5 Å². The van der Waals surface area contributed by atoms with Crippen LogP contribution in [-0.2, 0) is 14.8 Å². The molecule has 0 aromatic carbocycles. The van der Waals surface area contributed by atoms with Gasteiger partial charge in [-0.2, -0.15) is 0 Å². The average Bonchev–Trinajstić information content (AvgIpc) is 2.03. The van der Waals surface area contributed by atoms with E-state index in [0.717, 1.165) is 0 Å². The minimum absolute atomic E-state index is 0.0614. The van der Waals surface area contributed by atoms with Gasteiger partial charge >= 0.3 is 5.97 Å². The molecule has 0 fully saturated rings. The molecular formula is C7H15NO4S. The van der Waals surface area contributed by atoms with E-state index in [9.17, 15) is 13.2 Å². The van der Waals surface area contributed by atoms with E-state index in [1.54, 1.807) is 6.92 Å². The molecule has 78 valence electrons. The van der Waals surface area contributed by atoms with Crippen molar-refractivity contribution >= 4 is 16.0 Å². The molecule has 0 saturated carbocycles. The molecule has 0 rings (SSSR count). The van der Waals surface area contributed by atoms with Gasteiger partial charge in [0.25, 0.3) is 0 Å². The molecule has 0 unspecified atom stereocenters. The van der Waals surface area contributed by atoms with E-state index in [-0.39, 0.29) is 12.2 Å². The van der Waals surface area contributed by atoms with Gasteiger partial charge in [-0.25, -0.2) is 13.1 Å². The number of aliphatic carboxylic acids is 1. The number of rotatable bonds is 7. The summed E-state index contributed by atoms with van der Waals surface area (Å²) < 4.78 is 24.1. The third-order valence-corrected chi connectivity index (χ3v) is 2.92. The molecule has 2 N–H and O–H groups in total. The van der Waals surface area contributed by atoms with Gasteiger partial charge in [0, 0.05) is 13.0 Å². The summed E-state index contributed by atoms with van der Waals surface area (Å²) in [5.74, 6) is -0.787. The van der Waals surface area contributed by atoms with Crippen molar-refractivity contribution in [3.05, 3.63) is 0 Å². The third-order valence-electron chi connectivity index (χ3n) is 1.52. The number of nitrogens with one attached hydrogen (secondary N) is 1. The van der Waals surface area contributed by atoms with Crippen molar-refractivity contribution < 1.29 is 18.3 Å². The van der Waals surface area contributed by atoms with E-state index in [4.69, 9.17) is 5.11 Å². The van der Waals surface area contributed by atoms with Crippen LogP contribution in [0.3, 0.4) is 0 Å². The van der Waals surface area contributed by atoms with Crippen LogP contribution < -0.4 is 4.72 Å². The zero-order chi connectivity index (χ0) is 10.3. The summed E-state index contributed by atoms with van der Waals surface area (Å²) in [6, 6.07) is 0. The molecule has 0 aliphatic carbocycles. The number of sulfonamides is 1. The SMILES string of the molecule is CCS(=O)(=O)NCCCCC(=O)O. The van der Waals surface area contributed by atoms with Crippen LogP contribution in [-0.4, -0.2) is 31.8 Å². The normalized spacial score (nSPS) is 11.5. The lowest BCUT2D eigenvalue weighted by Gasteiger charge is -2.02. The quantitative estimate of drug-likeness (QED) is 0.586. The molecule has 0 aromatic heterocycles. The molecule has 5 nitrogen and oxygen atoms in total. The van der Waals surface area contributed by atoms with Gasteiger partial charge in [-0.1, -0.05) is 0 Å². The molecule has 0 aliphatic heterocycles. The molecule has 0 aliphatic rings. The highest BCUT2D eigenvalue weighted by Crippen LogP contribution is 1.94. The molecule has 0 aromatic rings. The van der Waals surface area contributed by atoms with Crippen molar-refractivity contribution in [3.63, 3.8) is 0 Å². The lowest BCUT2D eigenvalue weighted by Crippen LogP contribution is -2.26. The second kappa shape index (κ2) is 5.93. The van der Waals surface area contributed by atoms with Crippen molar-refractivity contribution in [2.45, 2.75) is 26.2 Å². The van der Waals surface area contributed by atoms with E-state index in [2.05, 4.69) is 4.72 Å². The second-order valence-corrected chi connectivity index (χ2v) is 4.74. The maximum absolute atomic E-state index is 10.9. The van der Waals surface area contributed by atoms with Gasteiger partial charge in [-0.3, -0.25) is 4.79 Å². The molecule has 13 heavy (non-hydrogen) atoms. The fourth-order valence-corrected chi connectivity index (χ4v) is 1.39. The molecule has 0 atom stereocenters. The number of carboxylic acids is 1. The Kier molecular flexibility index (Phi) is 5.65. The Bertz CT molecular complexity index is 247. The standard InChI is InChI=1S/C7H15NO4S/c1-2-13(11,12)8-6-4-3-5-7(9)10/h8H,2-6H2,1H3,(H,9,10). The predicted molar refractivity (Wildman–Crippen MR) is 49.0 cm³/mol. The summed E-state index contributed by atoms with van der Waals surface area (Å²) in [4.78, 5) is 10.1. The average molecular weight is 209 g/mol. The van der Waals surface area contributed by atoms with Crippen molar-refractivity contribution in [1.82, 2.24) is 4.72 Å². The van der Waals surface area contributed by atoms with Crippen LogP contribution in [0.25, 0.3) is 0 Å². The third kappa shape index (κ3) is 7.73. The highest BCUT2D eigenvalue weighted by molar-refractivity contribution is 7.89. The van der Waals surface area contributed by atoms with E-state index >= 15 is 0 Å². The monoisotopic (exact) mass is 209 g/mol. The maximum Gasteiger partial charge on any atom is 0.303 e. The minimum atomic E-state index is -3.12. The van der Waals surface area contributed by atoms with Crippen molar-refractivity contribution in [3.8, 4) is 0 Å². The van der Waals surface area contributed by atoms with Gasteiger partial charge in [0.15, 0.2) is 0 Å². The summed E-state index contributed by atoms with van der Waals surface area (Å²) in [6.07, 6.45) is 1.15. The van der Waals surface area contributed by atoms with Gasteiger partial charge in [0.05, 0.1) is 5.75 Å². The first-order chi connectivity index (χ1) is 5.98. The first-order valence-electron chi connectivity index (χ1n) is 4.17. The van der Waals surface area contributed by atoms with Gasteiger partial charge in [-0.05, 0) is 19.8 Å². The number of hydrogen-bond donors (Lipinski definition) is 2. The number of carboxylic acid groups (broad SMARTS) is 1. The Morgan fingerprint density at radius 1 is 1.38 bits per heavy atom. The highest BCUT2D eigenvalue weighted by atomic mass is 32.2. The second-order valence-electron chi connectivity index (χ2n) is 2.65. The van der Waals surface area contributed by atoms with Crippen molar-refractivity contribution in [2.24, 2.45) is 0 Å². The molecule has 0 saturated heterocycles.